The number of thioether (sulfide) groups is 1. The van der Waals surface area contributed by atoms with Crippen LogP contribution in [0.1, 0.15) is 0 Å². The van der Waals surface area contributed by atoms with E-state index in [0.29, 0.717) is 0 Å². The average Bonchev–Trinajstić information content (AvgIpc) is 2.05. The van der Waals surface area contributed by atoms with Crippen LogP contribution in [0.5, 0.6) is 0 Å². The van der Waals surface area contributed by atoms with Crippen LogP contribution < -0.4 is 5.32 Å². The molecule has 0 saturated heterocycles. The molecule has 1 N–H and O–H groups in total. The Morgan fingerprint density at radius 2 is 2.42 bits per heavy atom. The lowest BCUT2D eigenvalue weighted by atomic mass is 10.5. The molecule has 0 aliphatic rings. The average molecular weight is 248 g/mol. The molecule has 0 amide bonds. The fourth-order valence-electron chi connectivity index (χ4n) is 0.711. The Morgan fingerprint density at radius 1 is 1.58 bits per heavy atom. The number of hydrogen-bond acceptors (Lipinski definition) is 4. The van der Waals surface area contributed by atoms with E-state index in [1.807, 2.05) is 17.8 Å². The lowest BCUT2D eigenvalue weighted by molar-refractivity contribution is 1.10. The fraction of sp³-hybridized carbons (Fsp3) is 0.429. The fourth-order valence-corrected chi connectivity index (χ4v) is 1.33. The highest BCUT2D eigenvalue weighted by atomic mass is 79.9. The largest absolute Gasteiger partial charge is 0.369 e. The van der Waals surface area contributed by atoms with Gasteiger partial charge in [-0.05, 0) is 22.2 Å². The normalized spacial score (nSPS) is 9.83. The van der Waals surface area contributed by atoms with Crippen LogP contribution >= 0.6 is 27.7 Å². The number of halogens is 1. The molecule has 0 aliphatic carbocycles. The van der Waals surface area contributed by atoms with Crippen molar-refractivity contribution in [2.45, 2.75) is 0 Å². The topological polar surface area (TPSA) is 37.8 Å². The van der Waals surface area contributed by atoms with Gasteiger partial charge in [-0.1, -0.05) is 0 Å². The van der Waals surface area contributed by atoms with Gasteiger partial charge in [0.2, 0.25) is 0 Å². The van der Waals surface area contributed by atoms with E-state index < -0.39 is 0 Å². The van der Waals surface area contributed by atoms with Gasteiger partial charge in [-0.25, -0.2) is 9.97 Å². The van der Waals surface area contributed by atoms with E-state index in [0.717, 1.165) is 22.7 Å². The van der Waals surface area contributed by atoms with Gasteiger partial charge in [0.25, 0.3) is 0 Å². The lowest BCUT2D eigenvalue weighted by Gasteiger charge is -2.02. The van der Waals surface area contributed by atoms with Crippen molar-refractivity contribution in [3.05, 3.63) is 17.0 Å². The van der Waals surface area contributed by atoms with E-state index >= 15 is 0 Å². The standard InChI is InChI=1S/C7H10BrN3S/c1-12-3-2-9-7-4-6(8)10-5-11-7/h4-5H,2-3H2,1H3,(H,9,10,11). The van der Waals surface area contributed by atoms with Gasteiger partial charge in [0.1, 0.15) is 16.7 Å². The maximum Gasteiger partial charge on any atom is 0.130 e. The summed E-state index contributed by atoms with van der Waals surface area (Å²) >= 11 is 5.08. The van der Waals surface area contributed by atoms with E-state index in [-0.39, 0.29) is 0 Å². The summed E-state index contributed by atoms with van der Waals surface area (Å²) in [7, 11) is 0. The van der Waals surface area contributed by atoms with Crippen LogP contribution in [0.15, 0.2) is 17.0 Å². The van der Waals surface area contributed by atoms with E-state index in [1.54, 1.807) is 0 Å². The van der Waals surface area contributed by atoms with Crippen molar-refractivity contribution in [1.82, 2.24) is 9.97 Å². The minimum absolute atomic E-state index is 0.809. The van der Waals surface area contributed by atoms with Crippen LogP contribution in [-0.4, -0.2) is 28.5 Å². The maximum atomic E-state index is 4.05. The number of rotatable bonds is 4. The van der Waals surface area contributed by atoms with Crippen LogP contribution in [0.25, 0.3) is 0 Å². The zero-order valence-electron chi connectivity index (χ0n) is 6.75. The molecular weight excluding hydrogens is 238 g/mol. The first kappa shape index (κ1) is 9.80. The molecule has 0 radical (unpaired) electrons. The number of aromatic nitrogens is 2. The molecule has 0 bridgehead atoms. The Bertz CT molecular complexity index is 244. The Morgan fingerprint density at radius 3 is 3.08 bits per heavy atom. The molecule has 5 heteroatoms. The van der Waals surface area contributed by atoms with Gasteiger partial charge >= 0.3 is 0 Å². The van der Waals surface area contributed by atoms with Crippen LogP contribution in [0.4, 0.5) is 5.82 Å². The molecular formula is C7H10BrN3S. The number of nitrogens with one attached hydrogen (secondary N) is 1. The molecule has 3 nitrogen and oxygen atoms in total. The quantitative estimate of drug-likeness (QED) is 0.653. The smallest absolute Gasteiger partial charge is 0.130 e. The number of nitrogens with zero attached hydrogens (tertiary/aromatic N) is 2. The van der Waals surface area contributed by atoms with Gasteiger partial charge in [0, 0.05) is 18.4 Å². The monoisotopic (exact) mass is 247 g/mol. The molecule has 0 spiro atoms. The first-order valence-electron chi connectivity index (χ1n) is 3.53. The van der Waals surface area contributed by atoms with Gasteiger partial charge in [0.05, 0.1) is 0 Å². The predicted octanol–water partition coefficient (Wildman–Crippen LogP) is 2.01. The van der Waals surface area contributed by atoms with Crippen LogP contribution in [0.3, 0.4) is 0 Å². The van der Waals surface area contributed by atoms with Crippen LogP contribution in [-0.2, 0) is 0 Å². The summed E-state index contributed by atoms with van der Waals surface area (Å²) in [4.78, 5) is 7.98. The van der Waals surface area contributed by atoms with Gasteiger partial charge in [-0.2, -0.15) is 11.8 Å². The van der Waals surface area contributed by atoms with E-state index in [2.05, 4.69) is 37.5 Å². The minimum atomic E-state index is 0.809. The second-order valence-electron chi connectivity index (χ2n) is 2.15. The molecule has 1 aromatic heterocycles. The van der Waals surface area contributed by atoms with Gasteiger partial charge in [0.15, 0.2) is 0 Å². The molecule has 1 rings (SSSR count). The highest BCUT2D eigenvalue weighted by molar-refractivity contribution is 9.10. The zero-order chi connectivity index (χ0) is 8.81. The third-order valence-corrected chi connectivity index (χ3v) is 2.29. The van der Waals surface area contributed by atoms with E-state index in [9.17, 15) is 0 Å². The summed E-state index contributed by atoms with van der Waals surface area (Å²) in [6.07, 6.45) is 3.61. The Labute approximate surface area is 84.5 Å². The van der Waals surface area contributed by atoms with Crippen LogP contribution in [0, 0.1) is 0 Å². The van der Waals surface area contributed by atoms with Crippen LogP contribution in [0.2, 0.25) is 0 Å². The van der Waals surface area contributed by atoms with Gasteiger partial charge < -0.3 is 5.32 Å². The summed E-state index contributed by atoms with van der Waals surface area (Å²) in [6.45, 7) is 0.935. The van der Waals surface area contributed by atoms with Gasteiger partial charge in [-0.15, -0.1) is 0 Å². The van der Waals surface area contributed by atoms with Crippen molar-refractivity contribution in [2.24, 2.45) is 0 Å². The molecule has 0 fully saturated rings. The summed E-state index contributed by atoms with van der Waals surface area (Å²) in [5.41, 5.74) is 0. The first-order chi connectivity index (χ1) is 5.83. The van der Waals surface area contributed by atoms with Crippen molar-refractivity contribution in [1.29, 1.82) is 0 Å². The Balaban J connectivity index is 2.41. The SMILES string of the molecule is CSCCNc1cc(Br)ncn1. The maximum absolute atomic E-state index is 4.05. The van der Waals surface area contributed by atoms with Crippen molar-refractivity contribution in [2.75, 3.05) is 23.9 Å². The van der Waals surface area contributed by atoms with Gasteiger partial charge in [-0.3, -0.25) is 0 Å². The van der Waals surface area contributed by atoms with Crippen molar-refractivity contribution >= 4 is 33.5 Å². The van der Waals surface area contributed by atoms with Crippen molar-refractivity contribution < 1.29 is 0 Å². The van der Waals surface area contributed by atoms with Crippen molar-refractivity contribution in [3.8, 4) is 0 Å². The molecule has 12 heavy (non-hydrogen) atoms. The zero-order valence-corrected chi connectivity index (χ0v) is 9.15. The molecule has 0 aromatic carbocycles. The molecule has 1 heterocycles. The highest BCUT2D eigenvalue weighted by Gasteiger charge is 1.93. The summed E-state index contributed by atoms with van der Waals surface area (Å²) in [5.74, 6) is 1.95. The number of hydrogen-bond donors (Lipinski definition) is 1. The minimum Gasteiger partial charge on any atom is -0.369 e. The summed E-state index contributed by atoms with van der Waals surface area (Å²) in [5, 5.41) is 3.18. The Hall–Kier alpha value is -0.290. The third-order valence-electron chi connectivity index (χ3n) is 1.25. The molecule has 66 valence electrons. The summed E-state index contributed by atoms with van der Waals surface area (Å²) in [6, 6.07) is 1.86. The predicted molar refractivity (Wildman–Crippen MR) is 56.6 cm³/mol. The summed E-state index contributed by atoms with van der Waals surface area (Å²) < 4.78 is 0.809. The molecule has 0 aliphatic heterocycles. The Kier molecular flexibility index (Phi) is 4.39. The second kappa shape index (κ2) is 5.37. The second-order valence-corrected chi connectivity index (χ2v) is 3.94. The molecule has 1 aromatic rings. The first-order valence-corrected chi connectivity index (χ1v) is 5.72. The van der Waals surface area contributed by atoms with Crippen molar-refractivity contribution in [3.63, 3.8) is 0 Å². The molecule has 0 atom stereocenters. The van der Waals surface area contributed by atoms with E-state index in [4.69, 9.17) is 0 Å². The highest BCUT2D eigenvalue weighted by Crippen LogP contribution is 2.09. The third kappa shape index (κ3) is 3.40. The van der Waals surface area contributed by atoms with E-state index in [1.165, 1.54) is 6.33 Å². The lowest BCUT2D eigenvalue weighted by Crippen LogP contribution is -2.05. The molecule has 0 saturated carbocycles. The molecule has 0 unspecified atom stereocenters. The number of anilines is 1.